The van der Waals surface area contributed by atoms with E-state index >= 15 is 0 Å². The molecule has 1 aromatic carbocycles. The van der Waals surface area contributed by atoms with Crippen LogP contribution in [-0.2, 0) is 18.4 Å². The summed E-state index contributed by atoms with van der Waals surface area (Å²) in [7, 11) is 0. The van der Waals surface area contributed by atoms with Gasteiger partial charge >= 0.3 is 0 Å². The van der Waals surface area contributed by atoms with Crippen molar-refractivity contribution < 1.29 is 5.11 Å². The van der Waals surface area contributed by atoms with Crippen LogP contribution in [-0.4, -0.2) is 16.3 Å². The maximum Gasteiger partial charge on any atom is 0.0527 e. The van der Waals surface area contributed by atoms with E-state index in [0.29, 0.717) is 0 Å². The van der Waals surface area contributed by atoms with Crippen molar-refractivity contribution in [1.82, 2.24) is 4.57 Å². The molecule has 3 heteroatoms. The molecule has 20 heavy (non-hydrogen) atoms. The number of halogens is 1. The van der Waals surface area contributed by atoms with Crippen LogP contribution in [0.2, 0.25) is 0 Å². The lowest BCUT2D eigenvalue weighted by Crippen LogP contribution is -2.38. The molecular formula is C17H20BrNO. The van der Waals surface area contributed by atoms with Crippen LogP contribution in [0.3, 0.4) is 0 Å². The second kappa shape index (κ2) is 4.35. The number of aromatic nitrogens is 1. The summed E-state index contributed by atoms with van der Waals surface area (Å²) in [6.45, 7) is 3.62. The minimum Gasteiger partial charge on any atom is -0.395 e. The summed E-state index contributed by atoms with van der Waals surface area (Å²) in [5.74, 6) is 0. The molecule has 0 atom stereocenters. The van der Waals surface area contributed by atoms with Crippen molar-refractivity contribution in [2.24, 2.45) is 0 Å². The van der Waals surface area contributed by atoms with Crippen LogP contribution in [0, 0.1) is 6.92 Å². The third kappa shape index (κ3) is 1.54. The Labute approximate surface area is 127 Å². The van der Waals surface area contributed by atoms with E-state index in [1.54, 1.807) is 0 Å². The van der Waals surface area contributed by atoms with Crippen molar-refractivity contribution in [3.8, 4) is 0 Å². The Morgan fingerprint density at radius 1 is 1.30 bits per heavy atom. The van der Waals surface area contributed by atoms with Gasteiger partial charge < -0.3 is 9.67 Å². The van der Waals surface area contributed by atoms with Crippen molar-refractivity contribution in [3.63, 3.8) is 0 Å². The molecule has 0 saturated heterocycles. The first-order valence-electron chi connectivity index (χ1n) is 7.59. The van der Waals surface area contributed by atoms with Gasteiger partial charge in [0, 0.05) is 27.5 Å². The van der Waals surface area contributed by atoms with E-state index in [2.05, 4.69) is 39.6 Å². The summed E-state index contributed by atoms with van der Waals surface area (Å²) in [6, 6.07) is 4.70. The number of rotatable bonds is 2. The molecule has 0 radical (unpaired) electrons. The fourth-order valence-electron chi connectivity index (χ4n) is 4.01. The van der Waals surface area contributed by atoms with Crippen molar-refractivity contribution in [2.45, 2.75) is 51.0 Å². The van der Waals surface area contributed by atoms with Crippen molar-refractivity contribution in [2.75, 3.05) is 6.61 Å². The minimum absolute atomic E-state index is 0.0393. The second-order valence-electron chi connectivity index (χ2n) is 6.48. The molecule has 0 unspecified atom stereocenters. The van der Waals surface area contributed by atoms with Gasteiger partial charge in [-0.15, -0.1) is 0 Å². The first kappa shape index (κ1) is 12.9. The smallest absolute Gasteiger partial charge is 0.0527 e. The fourth-order valence-corrected chi connectivity index (χ4v) is 4.52. The molecule has 2 heterocycles. The van der Waals surface area contributed by atoms with Gasteiger partial charge in [-0.05, 0) is 65.7 Å². The van der Waals surface area contributed by atoms with E-state index in [1.807, 2.05) is 0 Å². The van der Waals surface area contributed by atoms with E-state index in [-0.39, 0.29) is 12.0 Å². The minimum atomic E-state index is 0.0393. The summed E-state index contributed by atoms with van der Waals surface area (Å²) in [4.78, 5) is 0. The van der Waals surface area contributed by atoms with Gasteiger partial charge in [-0.1, -0.05) is 12.5 Å². The number of hydrogen-bond acceptors (Lipinski definition) is 1. The lowest BCUT2D eigenvalue weighted by atomic mass is 9.64. The standard InChI is InChI=1S/C17H20BrNO/c1-11-15(18)14-9-13(17(10-20)5-3-6-17)8-12-4-2-7-19(11)16(12)14/h8-9,20H,2-7,10H2,1H3. The quantitative estimate of drug-likeness (QED) is 0.880. The highest BCUT2D eigenvalue weighted by atomic mass is 79.9. The zero-order valence-electron chi connectivity index (χ0n) is 11.9. The van der Waals surface area contributed by atoms with Crippen LogP contribution in [0.1, 0.15) is 42.5 Å². The number of hydrogen-bond donors (Lipinski definition) is 1. The van der Waals surface area contributed by atoms with E-state index in [9.17, 15) is 5.11 Å². The van der Waals surface area contributed by atoms with E-state index in [4.69, 9.17) is 0 Å². The van der Waals surface area contributed by atoms with Gasteiger partial charge in [-0.25, -0.2) is 0 Å². The van der Waals surface area contributed by atoms with E-state index < -0.39 is 0 Å². The highest BCUT2D eigenvalue weighted by molar-refractivity contribution is 9.10. The molecule has 0 amide bonds. The normalized spacial score (nSPS) is 20.1. The van der Waals surface area contributed by atoms with Gasteiger partial charge in [0.25, 0.3) is 0 Å². The summed E-state index contributed by atoms with van der Waals surface area (Å²) >= 11 is 3.78. The van der Waals surface area contributed by atoms with Crippen LogP contribution in [0.5, 0.6) is 0 Å². The average Bonchev–Trinajstić information content (AvgIpc) is 2.66. The molecular weight excluding hydrogens is 314 g/mol. The monoisotopic (exact) mass is 333 g/mol. The number of benzene rings is 1. The summed E-state index contributed by atoms with van der Waals surface area (Å²) in [5, 5.41) is 11.2. The van der Waals surface area contributed by atoms with E-state index in [1.165, 1.54) is 51.5 Å². The molecule has 1 aliphatic carbocycles. The van der Waals surface area contributed by atoms with Crippen molar-refractivity contribution in [1.29, 1.82) is 0 Å². The Bertz CT molecular complexity index is 691. The molecule has 2 aromatic rings. The average molecular weight is 334 g/mol. The predicted octanol–water partition coefficient (Wildman–Crippen LogP) is 4.07. The maximum atomic E-state index is 9.85. The van der Waals surface area contributed by atoms with Gasteiger partial charge in [0.15, 0.2) is 0 Å². The number of nitrogens with zero attached hydrogens (tertiary/aromatic N) is 1. The van der Waals surface area contributed by atoms with Crippen molar-refractivity contribution in [3.05, 3.63) is 33.4 Å². The predicted molar refractivity (Wildman–Crippen MR) is 85.3 cm³/mol. The SMILES string of the molecule is Cc1c(Br)c2cc(C3(CO)CCC3)cc3c2n1CCC3. The molecule has 1 saturated carbocycles. The molecule has 1 aliphatic heterocycles. The largest absolute Gasteiger partial charge is 0.395 e. The summed E-state index contributed by atoms with van der Waals surface area (Å²) in [5.41, 5.74) is 5.62. The molecule has 4 rings (SSSR count). The highest BCUT2D eigenvalue weighted by Crippen LogP contribution is 2.46. The van der Waals surface area contributed by atoms with Crippen LogP contribution >= 0.6 is 15.9 Å². The Hall–Kier alpha value is -0.800. The Balaban J connectivity index is 2.01. The second-order valence-corrected chi connectivity index (χ2v) is 7.27. The first-order chi connectivity index (χ1) is 9.66. The first-order valence-corrected chi connectivity index (χ1v) is 8.38. The molecule has 1 fully saturated rings. The highest BCUT2D eigenvalue weighted by Gasteiger charge is 2.39. The zero-order valence-corrected chi connectivity index (χ0v) is 13.5. The topological polar surface area (TPSA) is 25.2 Å². The Kier molecular flexibility index (Phi) is 2.80. The van der Waals surface area contributed by atoms with Crippen LogP contribution < -0.4 is 0 Å². The third-order valence-corrected chi connectivity index (χ3v) is 6.47. The molecule has 1 aromatic heterocycles. The number of aliphatic hydroxyl groups is 1. The third-order valence-electron chi connectivity index (χ3n) is 5.47. The van der Waals surface area contributed by atoms with Gasteiger partial charge in [0.1, 0.15) is 0 Å². The lowest BCUT2D eigenvalue weighted by molar-refractivity contribution is 0.120. The molecule has 1 N–H and O–H groups in total. The van der Waals surface area contributed by atoms with Crippen LogP contribution in [0.25, 0.3) is 10.9 Å². The maximum absolute atomic E-state index is 9.85. The zero-order chi connectivity index (χ0) is 13.9. The van der Waals surface area contributed by atoms with Crippen LogP contribution in [0.4, 0.5) is 0 Å². The molecule has 2 aliphatic rings. The number of aryl methyl sites for hydroxylation is 2. The van der Waals surface area contributed by atoms with Crippen LogP contribution in [0.15, 0.2) is 16.6 Å². The molecule has 0 spiro atoms. The number of aliphatic hydroxyl groups excluding tert-OH is 1. The van der Waals surface area contributed by atoms with Gasteiger partial charge in [0.05, 0.1) is 12.1 Å². The van der Waals surface area contributed by atoms with Gasteiger partial charge in [-0.2, -0.15) is 0 Å². The molecule has 2 nitrogen and oxygen atoms in total. The molecule has 106 valence electrons. The molecule has 0 bridgehead atoms. The van der Waals surface area contributed by atoms with Crippen molar-refractivity contribution >= 4 is 26.8 Å². The van der Waals surface area contributed by atoms with E-state index in [0.717, 1.165) is 19.4 Å². The Morgan fingerprint density at radius 2 is 2.10 bits per heavy atom. The lowest BCUT2D eigenvalue weighted by Gasteiger charge is -2.41. The summed E-state index contributed by atoms with van der Waals surface area (Å²) < 4.78 is 3.69. The fraction of sp³-hybridized carbons (Fsp3) is 0.529. The Morgan fingerprint density at radius 3 is 2.75 bits per heavy atom. The summed E-state index contributed by atoms with van der Waals surface area (Å²) in [6.07, 6.45) is 5.90. The van der Waals surface area contributed by atoms with Gasteiger partial charge in [0.2, 0.25) is 0 Å². The van der Waals surface area contributed by atoms with Gasteiger partial charge in [-0.3, -0.25) is 0 Å².